The van der Waals surface area contributed by atoms with Gasteiger partial charge in [-0.2, -0.15) is 4.98 Å². The van der Waals surface area contributed by atoms with Gasteiger partial charge in [0, 0.05) is 8.04 Å². The van der Waals surface area contributed by atoms with Crippen LogP contribution >= 0.6 is 38.5 Å². The Labute approximate surface area is 119 Å². The van der Waals surface area contributed by atoms with Gasteiger partial charge in [-0.25, -0.2) is 0 Å². The first-order valence-electron chi connectivity index (χ1n) is 4.65. The first-order chi connectivity index (χ1) is 8.16. The predicted molar refractivity (Wildman–Crippen MR) is 72.3 cm³/mol. The van der Waals surface area contributed by atoms with Crippen molar-refractivity contribution >= 4 is 44.4 Å². The number of amides is 1. The molecule has 7 heteroatoms. The van der Waals surface area contributed by atoms with Crippen LogP contribution in [0.3, 0.4) is 0 Å². The lowest BCUT2D eigenvalue weighted by Gasteiger charge is -2.05. The van der Waals surface area contributed by atoms with Crippen LogP contribution in [0.15, 0.2) is 33.6 Å². The molecule has 2 aromatic rings. The summed E-state index contributed by atoms with van der Waals surface area (Å²) < 4.78 is 6.32. The number of halogens is 2. The average Bonchev–Trinajstić information content (AvgIpc) is 2.82. The Hall–Kier alpha value is -0.960. The van der Waals surface area contributed by atoms with Crippen molar-refractivity contribution in [2.75, 3.05) is 0 Å². The summed E-state index contributed by atoms with van der Waals surface area (Å²) in [5.41, 5.74) is 0.584. The minimum Gasteiger partial charge on any atom is -0.345 e. The molecule has 0 fully saturated rings. The van der Waals surface area contributed by atoms with Gasteiger partial charge in [-0.1, -0.05) is 5.16 Å². The lowest BCUT2D eigenvalue weighted by atomic mass is 10.2. The van der Waals surface area contributed by atoms with E-state index in [0.717, 1.165) is 8.04 Å². The van der Waals surface area contributed by atoms with Crippen LogP contribution in [-0.2, 0) is 6.54 Å². The second-order valence-electron chi connectivity index (χ2n) is 3.15. The molecule has 5 nitrogen and oxygen atoms in total. The highest BCUT2D eigenvalue weighted by molar-refractivity contribution is 14.1. The lowest BCUT2D eigenvalue weighted by Crippen LogP contribution is -2.23. The van der Waals surface area contributed by atoms with Crippen molar-refractivity contribution in [1.29, 1.82) is 0 Å². The van der Waals surface area contributed by atoms with Crippen LogP contribution in [0.25, 0.3) is 0 Å². The van der Waals surface area contributed by atoms with Crippen LogP contribution < -0.4 is 5.32 Å². The molecule has 0 aliphatic rings. The van der Waals surface area contributed by atoms with Gasteiger partial charge in [0.2, 0.25) is 6.39 Å². The third-order valence-electron chi connectivity index (χ3n) is 1.99. The van der Waals surface area contributed by atoms with E-state index in [4.69, 9.17) is 0 Å². The van der Waals surface area contributed by atoms with Gasteiger partial charge in [-0.15, -0.1) is 0 Å². The normalized spacial score (nSPS) is 10.2. The number of benzene rings is 1. The van der Waals surface area contributed by atoms with E-state index in [1.165, 1.54) is 6.39 Å². The molecule has 0 saturated carbocycles. The summed E-state index contributed by atoms with van der Waals surface area (Å²) in [6.07, 6.45) is 1.23. The molecule has 2 rings (SSSR count). The van der Waals surface area contributed by atoms with E-state index in [9.17, 15) is 4.79 Å². The quantitative estimate of drug-likeness (QED) is 0.793. The maximum absolute atomic E-state index is 11.9. The Balaban J connectivity index is 2.07. The molecule has 0 saturated heterocycles. The van der Waals surface area contributed by atoms with E-state index in [-0.39, 0.29) is 12.5 Å². The summed E-state index contributed by atoms with van der Waals surface area (Å²) in [5.74, 6) is 0.264. The van der Waals surface area contributed by atoms with Crippen LogP contribution in [0.2, 0.25) is 0 Å². The highest BCUT2D eigenvalue weighted by Gasteiger charge is 2.11. The fourth-order valence-corrected chi connectivity index (χ4v) is 2.11. The fourth-order valence-electron chi connectivity index (χ4n) is 1.20. The zero-order chi connectivity index (χ0) is 12.3. The summed E-state index contributed by atoms with van der Waals surface area (Å²) >= 11 is 5.49. The lowest BCUT2D eigenvalue weighted by molar-refractivity contribution is 0.0949. The average molecular weight is 408 g/mol. The molecule has 1 N–H and O–H groups in total. The minimum atomic E-state index is -0.180. The Kier molecular flexibility index (Phi) is 4.11. The standard InChI is InChI=1S/C10H7BrIN3O2/c11-8-2-1-6(12)3-7(8)10(16)13-4-9-14-5-17-15-9/h1-3,5H,4H2,(H,13,16). The zero-order valence-electron chi connectivity index (χ0n) is 8.48. The summed E-state index contributed by atoms with van der Waals surface area (Å²) in [6.45, 7) is 0.243. The smallest absolute Gasteiger partial charge is 0.252 e. The van der Waals surface area contributed by atoms with Crippen molar-refractivity contribution in [3.8, 4) is 0 Å². The third kappa shape index (κ3) is 3.25. The Bertz CT molecular complexity index is 530. The molecule has 0 unspecified atom stereocenters. The van der Waals surface area contributed by atoms with Crippen LogP contribution in [-0.4, -0.2) is 16.0 Å². The largest absolute Gasteiger partial charge is 0.345 e. The topological polar surface area (TPSA) is 68.0 Å². The number of carbonyl (C=O) groups excluding carboxylic acids is 1. The van der Waals surface area contributed by atoms with Gasteiger partial charge in [-0.05, 0) is 56.7 Å². The van der Waals surface area contributed by atoms with Crippen molar-refractivity contribution < 1.29 is 9.32 Å². The van der Waals surface area contributed by atoms with E-state index >= 15 is 0 Å². The molecule has 1 aromatic heterocycles. The number of nitrogens with one attached hydrogen (secondary N) is 1. The SMILES string of the molecule is O=C(NCc1ncon1)c1cc(I)ccc1Br. The minimum absolute atomic E-state index is 0.180. The van der Waals surface area contributed by atoms with E-state index in [1.807, 2.05) is 12.1 Å². The van der Waals surface area contributed by atoms with Gasteiger partial charge < -0.3 is 9.84 Å². The highest BCUT2D eigenvalue weighted by Crippen LogP contribution is 2.19. The molecular weight excluding hydrogens is 401 g/mol. The number of hydrogen-bond acceptors (Lipinski definition) is 4. The predicted octanol–water partition coefficient (Wildman–Crippen LogP) is 2.37. The molecule has 0 spiro atoms. The molecule has 0 atom stereocenters. The monoisotopic (exact) mass is 407 g/mol. The van der Waals surface area contributed by atoms with Crippen molar-refractivity contribution in [2.24, 2.45) is 0 Å². The summed E-state index contributed by atoms with van der Waals surface area (Å²) in [4.78, 5) is 15.7. The number of hydrogen-bond donors (Lipinski definition) is 1. The van der Waals surface area contributed by atoms with Gasteiger partial charge in [0.25, 0.3) is 5.91 Å². The zero-order valence-corrected chi connectivity index (χ0v) is 12.2. The van der Waals surface area contributed by atoms with Crippen LogP contribution in [0.4, 0.5) is 0 Å². The Morgan fingerprint density at radius 1 is 1.53 bits per heavy atom. The van der Waals surface area contributed by atoms with Gasteiger partial charge in [0.05, 0.1) is 12.1 Å². The number of carbonyl (C=O) groups is 1. The van der Waals surface area contributed by atoms with Crippen molar-refractivity contribution in [3.63, 3.8) is 0 Å². The second kappa shape index (κ2) is 5.58. The van der Waals surface area contributed by atoms with Gasteiger partial charge in [0.1, 0.15) is 0 Å². The fraction of sp³-hybridized carbons (Fsp3) is 0.100. The molecule has 1 heterocycles. The maximum Gasteiger partial charge on any atom is 0.252 e. The first-order valence-corrected chi connectivity index (χ1v) is 6.52. The van der Waals surface area contributed by atoms with E-state index in [0.29, 0.717) is 11.4 Å². The van der Waals surface area contributed by atoms with E-state index in [1.54, 1.807) is 6.07 Å². The summed E-state index contributed by atoms with van der Waals surface area (Å²) in [7, 11) is 0. The summed E-state index contributed by atoms with van der Waals surface area (Å²) in [6, 6.07) is 5.56. The third-order valence-corrected chi connectivity index (χ3v) is 3.35. The molecule has 0 bridgehead atoms. The number of aromatic nitrogens is 2. The first kappa shape index (κ1) is 12.5. The highest BCUT2D eigenvalue weighted by atomic mass is 127. The van der Waals surface area contributed by atoms with E-state index in [2.05, 4.69) is 58.5 Å². The van der Waals surface area contributed by atoms with Gasteiger partial charge >= 0.3 is 0 Å². The van der Waals surface area contributed by atoms with Crippen LogP contribution in [0, 0.1) is 3.57 Å². The molecule has 17 heavy (non-hydrogen) atoms. The van der Waals surface area contributed by atoms with Crippen molar-refractivity contribution in [3.05, 3.63) is 44.0 Å². The number of nitrogens with zero attached hydrogens (tertiary/aromatic N) is 2. The van der Waals surface area contributed by atoms with Crippen LogP contribution in [0.1, 0.15) is 16.2 Å². The van der Waals surface area contributed by atoms with Gasteiger partial charge in [-0.3, -0.25) is 4.79 Å². The molecule has 1 amide bonds. The van der Waals surface area contributed by atoms with Crippen molar-refractivity contribution in [2.45, 2.75) is 6.54 Å². The Morgan fingerprint density at radius 2 is 2.35 bits per heavy atom. The molecule has 1 aromatic carbocycles. The Morgan fingerprint density at radius 3 is 3.06 bits per heavy atom. The molecule has 0 aliphatic heterocycles. The molecule has 0 radical (unpaired) electrons. The summed E-state index contributed by atoms with van der Waals surface area (Å²) in [5, 5.41) is 6.32. The molecule has 88 valence electrons. The van der Waals surface area contributed by atoms with Crippen LogP contribution in [0.5, 0.6) is 0 Å². The van der Waals surface area contributed by atoms with Crippen molar-refractivity contribution in [1.82, 2.24) is 15.5 Å². The second-order valence-corrected chi connectivity index (χ2v) is 5.25. The molecular formula is C10H7BrIN3O2. The van der Waals surface area contributed by atoms with E-state index < -0.39 is 0 Å². The molecule has 0 aliphatic carbocycles. The maximum atomic E-state index is 11.9. The van der Waals surface area contributed by atoms with Gasteiger partial charge in [0.15, 0.2) is 5.82 Å². The number of rotatable bonds is 3.